The number of nitrogens with zero attached hydrogens (tertiary/aromatic N) is 1. The lowest BCUT2D eigenvalue weighted by atomic mass is 9.56. The largest absolute Gasteiger partial charge is 0.447 e. The number of hydrogen-bond acceptors (Lipinski definition) is 3. The Morgan fingerprint density at radius 1 is 1.17 bits per heavy atom. The molecule has 5 heteroatoms. The van der Waals surface area contributed by atoms with Crippen molar-refractivity contribution in [2.24, 2.45) is 11.3 Å². The first-order valence-corrected chi connectivity index (χ1v) is 11.2. The van der Waals surface area contributed by atoms with E-state index in [4.69, 9.17) is 4.74 Å². The molecular weight excluding hydrogens is 364 g/mol. The van der Waals surface area contributed by atoms with Crippen molar-refractivity contribution in [3.63, 3.8) is 0 Å². The molecule has 156 valence electrons. The third kappa shape index (κ3) is 3.32. The summed E-state index contributed by atoms with van der Waals surface area (Å²) < 4.78 is 5.03. The lowest BCUT2D eigenvalue weighted by molar-refractivity contribution is -0.144. The highest BCUT2D eigenvalue weighted by atomic mass is 16.6. The maximum absolute atomic E-state index is 12.9. The van der Waals surface area contributed by atoms with Crippen molar-refractivity contribution in [2.75, 3.05) is 19.7 Å². The van der Waals surface area contributed by atoms with Crippen LogP contribution in [0.2, 0.25) is 0 Å². The molecule has 2 aliphatic heterocycles. The Morgan fingerprint density at radius 3 is 2.52 bits per heavy atom. The van der Waals surface area contributed by atoms with Crippen LogP contribution in [0.3, 0.4) is 0 Å². The molecule has 1 N–H and O–H groups in total. The Morgan fingerprint density at radius 2 is 1.90 bits per heavy atom. The number of benzene rings is 1. The van der Waals surface area contributed by atoms with Gasteiger partial charge in [-0.05, 0) is 66.9 Å². The maximum atomic E-state index is 12.9. The quantitative estimate of drug-likeness (QED) is 0.834. The molecule has 2 saturated heterocycles. The summed E-state index contributed by atoms with van der Waals surface area (Å²) in [5.41, 5.74) is 3.12. The topological polar surface area (TPSA) is 58.6 Å². The van der Waals surface area contributed by atoms with Gasteiger partial charge in [-0.15, -0.1) is 0 Å². The van der Waals surface area contributed by atoms with Crippen molar-refractivity contribution in [2.45, 2.75) is 69.7 Å². The smallest absolute Gasteiger partial charge is 0.407 e. The van der Waals surface area contributed by atoms with Gasteiger partial charge in [-0.25, -0.2) is 4.79 Å². The molecular formula is C24H32N2O3. The highest BCUT2D eigenvalue weighted by Crippen LogP contribution is 2.57. The van der Waals surface area contributed by atoms with E-state index in [2.05, 4.69) is 48.3 Å². The molecule has 5 rings (SSSR count). The second-order valence-corrected chi connectivity index (χ2v) is 10.3. The van der Waals surface area contributed by atoms with E-state index in [-0.39, 0.29) is 23.5 Å². The standard InChI is InChI=1S/C24H32N2O3/c1-16(2)17-4-3-5-18(10-17)19-11-23(12-19)6-8-26(9-7-23)21(27)20-13-24(14-20)15-29-22(28)25-24/h3-5,10,16,19-20H,6-9,11-15H2,1-2H3,(H,25,28). The fraction of sp³-hybridized carbons (Fsp3) is 0.667. The molecule has 0 unspecified atom stereocenters. The van der Waals surface area contributed by atoms with Crippen LogP contribution < -0.4 is 5.32 Å². The predicted octanol–water partition coefficient (Wildman–Crippen LogP) is 4.18. The molecule has 0 radical (unpaired) electrons. The SMILES string of the molecule is CC(C)c1cccc(C2CC3(CCN(C(=O)C4CC5(COC(=O)N5)C4)CC3)C2)c1. The van der Waals surface area contributed by atoms with Crippen molar-refractivity contribution in [1.82, 2.24) is 10.2 Å². The Kier molecular flexibility index (Phi) is 4.41. The average molecular weight is 397 g/mol. The zero-order chi connectivity index (χ0) is 20.2. The Bertz CT molecular complexity index is 811. The van der Waals surface area contributed by atoms with Crippen molar-refractivity contribution in [3.05, 3.63) is 35.4 Å². The van der Waals surface area contributed by atoms with Crippen LogP contribution in [0.15, 0.2) is 24.3 Å². The van der Waals surface area contributed by atoms with Crippen molar-refractivity contribution in [3.8, 4) is 0 Å². The summed E-state index contributed by atoms with van der Waals surface area (Å²) >= 11 is 0. The van der Waals surface area contributed by atoms with Gasteiger partial charge in [0.05, 0.1) is 5.54 Å². The second-order valence-electron chi connectivity index (χ2n) is 10.3. The molecule has 5 nitrogen and oxygen atoms in total. The second kappa shape index (κ2) is 6.75. The lowest BCUT2D eigenvalue weighted by Crippen LogP contribution is -2.59. The predicted molar refractivity (Wildman–Crippen MR) is 111 cm³/mol. The van der Waals surface area contributed by atoms with Gasteiger partial charge in [-0.2, -0.15) is 0 Å². The molecule has 0 atom stereocenters. The summed E-state index contributed by atoms with van der Waals surface area (Å²) in [4.78, 5) is 26.2. The summed E-state index contributed by atoms with van der Waals surface area (Å²) in [6.45, 7) is 6.71. The summed E-state index contributed by atoms with van der Waals surface area (Å²) in [6.07, 6.45) is 5.93. The number of ether oxygens (including phenoxy) is 1. The number of amides is 2. The van der Waals surface area contributed by atoms with Gasteiger partial charge in [-0.3, -0.25) is 4.79 Å². The number of likely N-dealkylation sites (tertiary alicyclic amines) is 1. The van der Waals surface area contributed by atoms with Gasteiger partial charge in [0, 0.05) is 19.0 Å². The molecule has 0 aromatic heterocycles. The number of piperidine rings is 1. The van der Waals surface area contributed by atoms with E-state index in [1.54, 1.807) is 0 Å². The summed E-state index contributed by atoms with van der Waals surface area (Å²) in [5.74, 6) is 1.60. The normalized spacial score (nSPS) is 27.5. The van der Waals surface area contributed by atoms with Crippen LogP contribution in [0.1, 0.15) is 75.3 Å². The molecule has 2 heterocycles. The van der Waals surface area contributed by atoms with Crippen LogP contribution in [0.4, 0.5) is 4.79 Å². The third-order valence-electron chi connectivity index (χ3n) is 8.01. The van der Waals surface area contributed by atoms with Crippen LogP contribution in [-0.2, 0) is 9.53 Å². The summed E-state index contributed by atoms with van der Waals surface area (Å²) in [6, 6.07) is 9.14. The van der Waals surface area contributed by atoms with Crippen LogP contribution >= 0.6 is 0 Å². The number of alkyl carbamates (subject to hydrolysis) is 1. The van der Waals surface area contributed by atoms with Gasteiger partial charge >= 0.3 is 6.09 Å². The number of cyclic esters (lactones) is 1. The zero-order valence-electron chi connectivity index (χ0n) is 17.6. The van der Waals surface area contributed by atoms with E-state index < -0.39 is 0 Å². The van der Waals surface area contributed by atoms with E-state index in [0.717, 1.165) is 38.8 Å². The highest BCUT2D eigenvalue weighted by molar-refractivity contribution is 5.81. The van der Waals surface area contributed by atoms with Gasteiger partial charge in [0.25, 0.3) is 0 Å². The molecule has 4 aliphatic rings. The van der Waals surface area contributed by atoms with Gasteiger partial charge in [0.2, 0.25) is 5.91 Å². The van der Waals surface area contributed by atoms with Crippen LogP contribution in [-0.4, -0.2) is 42.1 Å². The molecule has 29 heavy (non-hydrogen) atoms. The van der Waals surface area contributed by atoms with Crippen molar-refractivity contribution < 1.29 is 14.3 Å². The van der Waals surface area contributed by atoms with Crippen molar-refractivity contribution in [1.29, 1.82) is 0 Å². The molecule has 2 amide bonds. The van der Waals surface area contributed by atoms with Crippen LogP contribution in [0.5, 0.6) is 0 Å². The first-order chi connectivity index (χ1) is 13.9. The van der Waals surface area contributed by atoms with E-state index >= 15 is 0 Å². The minimum absolute atomic E-state index is 0.0546. The average Bonchev–Trinajstić information content (AvgIpc) is 3.07. The number of carbonyl (C=O) groups excluding carboxylic acids is 2. The molecule has 2 saturated carbocycles. The van der Waals surface area contributed by atoms with E-state index in [9.17, 15) is 9.59 Å². The van der Waals surface area contributed by atoms with Crippen LogP contribution in [0.25, 0.3) is 0 Å². The number of hydrogen-bond donors (Lipinski definition) is 1. The number of rotatable bonds is 3. The summed E-state index contributed by atoms with van der Waals surface area (Å²) in [7, 11) is 0. The first-order valence-electron chi connectivity index (χ1n) is 11.2. The van der Waals surface area contributed by atoms with E-state index in [0.29, 0.717) is 23.9 Å². The zero-order valence-corrected chi connectivity index (χ0v) is 17.6. The Hall–Kier alpha value is -2.04. The van der Waals surface area contributed by atoms with Gasteiger partial charge < -0.3 is 15.0 Å². The number of carbonyl (C=O) groups is 2. The Balaban J connectivity index is 1.12. The fourth-order valence-electron chi connectivity index (χ4n) is 6.03. The highest BCUT2D eigenvalue weighted by Gasteiger charge is 2.54. The van der Waals surface area contributed by atoms with Gasteiger partial charge in [-0.1, -0.05) is 38.1 Å². The first kappa shape index (κ1) is 19.0. The molecule has 2 spiro atoms. The Labute approximate surface area is 173 Å². The van der Waals surface area contributed by atoms with Crippen molar-refractivity contribution >= 4 is 12.0 Å². The fourth-order valence-corrected chi connectivity index (χ4v) is 6.03. The van der Waals surface area contributed by atoms with E-state index in [1.165, 1.54) is 24.0 Å². The van der Waals surface area contributed by atoms with E-state index in [1.807, 2.05) is 0 Å². The van der Waals surface area contributed by atoms with Gasteiger partial charge in [0.15, 0.2) is 0 Å². The maximum Gasteiger partial charge on any atom is 0.407 e. The third-order valence-corrected chi connectivity index (χ3v) is 8.01. The molecule has 1 aromatic carbocycles. The molecule has 4 fully saturated rings. The lowest BCUT2D eigenvalue weighted by Gasteiger charge is -2.53. The summed E-state index contributed by atoms with van der Waals surface area (Å²) in [5, 5.41) is 2.89. The molecule has 0 bridgehead atoms. The monoisotopic (exact) mass is 396 g/mol. The number of nitrogens with one attached hydrogen (secondary N) is 1. The minimum Gasteiger partial charge on any atom is -0.447 e. The molecule has 2 aliphatic carbocycles. The van der Waals surface area contributed by atoms with Crippen LogP contribution in [0, 0.1) is 11.3 Å². The molecule has 1 aromatic rings. The van der Waals surface area contributed by atoms with Gasteiger partial charge in [0.1, 0.15) is 6.61 Å². The minimum atomic E-state index is -0.339.